The summed E-state index contributed by atoms with van der Waals surface area (Å²) in [5, 5.41) is 2.71. The number of rotatable bonds is 2. The number of amides is 1. The van der Waals surface area contributed by atoms with Crippen LogP contribution < -0.4 is 5.32 Å². The van der Waals surface area contributed by atoms with Gasteiger partial charge in [0.05, 0.1) is 12.8 Å². The molecule has 3 nitrogen and oxygen atoms in total. The lowest BCUT2D eigenvalue weighted by Gasteiger charge is -2.03. The fourth-order valence-corrected chi connectivity index (χ4v) is 1.42. The SMILES string of the molecule is COC1=CC(=O)N/C1=C/c1ccccc1. The lowest BCUT2D eigenvalue weighted by atomic mass is 10.2. The number of carbonyl (C=O) groups excluding carboxylic acids is 1. The van der Waals surface area contributed by atoms with Crippen LogP contribution in [0.15, 0.2) is 47.9 Å². The van der Waals surface area contributed by atoms with Crippen LogP contribution in [0.3, 0.4) is 0 Å². The molecule has 15 heavy (non-hydrogen) atoms. The Morgan fingerprint density at radius 3 is 2.67 bits per heavy atom. The van der Waals surface area contributed by atoms with E-state index in [0.717, 1.165) is 5.56 Å². The number of ether oxygens (including phenoxy) is 1. The number of benzene rings is 1. The molecule has 0 saturated heterocycles. The van der Waals surface area contributed by atoms with Gasteiger partial charge in [0.1, 0.15) is 5.76 Å². The first-order valence-corrected chi connectivity index (χ1v) is 4.63. The van der Waals surface area contributed by atoms with Crippen LogP contribution in [-0.2, 0) is 9.53 Å². The summed E-state index contributed by atoms with van der Waals surface area (Å²) in [5.74, 6) is 0.429. The minimum absolute atomic E-state index is 0.144. The Balaban J connectivity index is 2.29. The van der Waals surface area contributed by atoms with Crippen molar-refractivity contribution in [3.05, 3.63) is 53.4 Å². The van der Waals surface area contributed by atoms with E-state index in [9.17, 15) is 4.79 Å². The third kappa shape index (κ3) is 2.07. The molecule has 0 spiro atoms. The molecule has 76 valence electrons. The molecule has 1 N–H and O–H groups in total. The molecule has 1 aromatic carbocycles. The van der Waals surface area contributed by atoms with Crippen LogP contribution in [0, 0.1) is 0 Å². The fraction of sp³-hybridized carbons (Fsp3) is 0.0833. The monoisotopic (exact) mass is 201 g/mol. The third-order valence-corrected chi connectivity index (χ3v) is 2.12. The van der Waals surface area contributed by atoms with E-state index >= 15 is 0 Å². The lowest BCUT2D eigenvalue weighted by Crippen LogP contribution is -2.13. The number of carbonyl (C=O) groups is 1. The van der Waals surface area contributed by atoms with Gasteiger partial charge >= 0.3 is 0 Å². The molecular formula is C12H11NO2. The second-order valence-electron chi connectivity index (χ2n) is 3.17. The molecule has 0 unspecified atom stereocenters. The highest BCUT2D eigenvalue weighted by Gasteiger charge is 2.17. The molecular weight excluding hydrogens is 190 g/mol. The molecule has 0 fully saturated rings. The Morgan fingerprint density at radius 2 is 2.00 bits per heavy atom. The van der Waals surface area contributed by atoms with Crippen LogP contribution in [0.2, 0.25) is 0 Å². The van der Waals surface area contributed by atoms with Crippen LogP contribution in [0.25, 0.3) is 6.08 Å². The second kappa shape index (κ2) is 4.00. The highest BCUT2D eigenvalue weighted by Crippen LogP contribution is 2.17. The zero-order valence-corrected chi connectivity index (χ0v) is 8.36. The van der Waals surface area contributed by atoms with E-state index in [-0.39, 0.29) is 5.91 Å². The predicted molar refractivity (Wildman–Crippen MR) is 57.7 cm³/mol. The van der Waals surface area contributed by atoms with Crippen LogP contribution in [-0.4, -0.2) is 13.0 Å². The molecule has 1 heterocycles. The third-order valence-electron chi connectivity index (χ3n) is 2.12. The van der Waals surface area contributed by atoms with Crippen molar-refractivity contribution in [2.45, 2.75) is 0 Å². The molecule has 0 saturated carbocycles. The molecule has 2 rings (SSSR count). The molecule has 1 aliphatic heterocycles. The Kier molecular flexibility index (Phi) is 2.54. The van der Waals surface area contributed by atoms with Crippen molar-refractivity contribution in [3.8, 4) is 0 Å². The summed E-state index contributed by atoms with van der Waals surface area (Å²) in [7, 11) is 1.55. The van der Waals surface area contributed by atoms with Crippen molar-refractivity contribution in [3.63, 3.8) is 0 Å². The maximum Gasteiger partial charge on any atom is 0.252 e. The number of nitrogens with one attached hydrogen (secondary N) is 1. The second-order valence-corrected chi connectivity index (χ2v) is 3.17. The summed E-state index contributed by atoms with van der Waals surface area (Å²) in [6, 6.07) is 9.76. The average Bonchev–Trinajstić information content (AvgIpc) is 2.60. The molecule has 0 atom stereocenters. The van der Waals surface area contributed by atoms with E-state index in [1.807, 2.05) is 36.4 Å². The van der Waals surface area contributed by atoms with Gasteiger partial charge in [0.25, 0.3) is 5.91 Å². The van der Waals surface area contributed by atoms with Crippen molar-refractivity contribution in [2.24, 2.45) is 0 Å². The Bertz CT molecular complexity index is 432. The summed E-state index contributed by atoms with van der Waals surface area (Å²) in [4.78, 5) is 11.1. The maximum atomic E-state index is 11.1. The molecule has 0 aliphatic carbocycles. The van der Waals surface area contributed by atoms with E-state index in [1.165, 1.54) is 6.08 Å². The van der Waals surface area contributed by atoms with Gasteiger partial charge in [-0.25, -0.2) is 0 Å². The molecule has 1 aromatic rings. The van der Waals surface area contributed by atoms with Crippen molar-refractivity contribution in [1.29, 1.82) is 0 Å². The lowest BCUT2D eigenvalue weighted by molar-refractivity contribution is -0.115. The van der Waals surface area contributed by atoms with Gasteiger partial charge in [-0.1, -0.05) is 30.3 Å². The quantitative estimate of drug-likeness (QED) is 0.790. The standard InChI is InChI=1S/C12H11NO2/c1-15-11-8-12(14)13-10(11)7-9-5-3-2-4-6-9/h2-8H,1H3,(H,13,14)/b10-7+. The zero-order valence-electron chi connectivity index (χ0n) is 8.36. The molecule has 1 aliphatic rings. The first-order chi connectivity index (χ1) is 7.29. The smallest absolute Gasteiger partial charge is 0.252 e. The van der Waals surface area contributed by atoms with Crippen LogP contribution >= 0.6 is 0 Å². The van der Waals surface area contributed by atoms with Gasteiger partial charge in [-0.05, 0) is 11.6 Å². The van der Waals surface area contributed by atoms with Gasteiger partial charge < -0.3 is 10.1 Å². The Labute approximate surface area is 88.1 Å². The molecule has 0 bridgehead atoms. The summed E-state index contributed by atoms with van der Waals surface area (Å²) < 4.78 is 5.08. The van der Waals surface area contributed by atoms with Gasteiger partial charge in [0, 0.05) is 6.08 Å². The Morgan fingerprint density at radius 1 is 1.27 bits per heavy atom. The van der Waals surface area contributed by atoms with E-state index in [2.05, 4.69) is 5.32 Å². The Hall–Kier alpha value is -2.03. The maximum absolute atomic E-state index is 11.1. The minimum Gasteiger partial charge on any atom is -0.494 e. The van der Waals surface area contributed by atoms with Gasteiger partial charge in [-0.15, -0.1) is 0 Å². The molecule has 1 amide bonds. The summed E-state index contributed by atoms with van der Waals surface area (Å²) in [5.41, 5.74) is 1.73. The van der Waals surface area contributed by atoms with Gasteiger partial charge in [0.15, 0.2) is 0 Å². The zero-order chi connectivity index (χ0) is 10.7. The number of hydrogen-bond donors (Lipinski definition) is 1. The first-order valence-electron chi connectivity index (χ1n) is 4.63. The minimum atomic E-state index is -0.144. The molecule has 3 heteroatoms. The number of hydrogen-bond acceptors (Lipinski definition) is 2. The van der Waals surface area contributed by atoms with Crippen LogP contribution in [0.5, 0.6) is 0 Å². The van der Waals surface area contributed by atoms with Gasteiger partial charge in [0.2, 0.25) is 0 Å². The van der Waals surface area contributed by atoms with E-state index in [1.54, 1.807) is 7.11 Å². The molecule has 0 radical (unpaired) electrons. The van der Waals surface area contributed by atoms with E-state index < -0.39 is 0 Å². The highest BCUT2D eigenvalue weighted by molar-refractivity contribution is 5.95. The normalized spacial score (nSPS) is 17.5. The summed E-state index contributed by atoms with van der Waals surface area (Å²) in [6.45, 7) is 0. The number of methoxy groups -OCH3 is 1. The summed E-state index contributed by atoms with van der Waals surface area (Å²) >= 11 is 0. The highest BCUT2D eigenvalue weighted by atomic mass is 16.5. The van der Waals surface area contributed by atoms with Crippen LogP contribution in [0.1, 0.15) is 5.56 Å². The average molecular weight is 201 g/mol. The van der Waals surface area contributed by atoms with Crippen molar-refractivity contribution < 1.29 is 9.53 Å². The van der Waals surface area contributed by atoms with Crippen molar-refractivity contribution in [2.75, 3.05) is 7.11 Å². The largest absolute Gasteiger partial charge is 0.494 e. The molecule has 0 aromatic heterocycles. The van der Waals surface area contributed by atoms with Crippen LogP contribution in [0.4, 0.5) is 0 Å². The van der Waals surface area contributed by atoms with E-state index in [4.69, 9.17) is 4.74 Å². The first kappa shape index (κ1) is 9.52. The van der Waals surface area contributed by atoms with E-state index in [0.29, 0.717) is 11.5 Å². The van der Waals surface area contributed by atoms with Crippen molar-refractivity contribution in [1.82, 2.24) is 5.32 Å². The predicted octanol–water partition coefficient (Wildman–Crippen LogP) is 1.69. The van der Waals surface area contributed by atoms with Crippen molar-refractivity contribution >= 4 is 12.0 Å². The van der Waals surface area contributed by atoms with Gasteiger partial charge in [-0.3, -0.25) is 4.79 Å². The topological polar surface area (TPSA) is 38.3 Å². The summed E-state index contributed by atoms with van der Waals surface area (Å²) in [6.07, 6.45) is 3.31. The fourth-order valence-electron chi connectivity index (χ4n) is 1.42. The van der Waals surface area contributed by atoms with Gasteiger partial charge in [-0.2, -0.15) is 0 Å².